The van der Waals surface area contributed by atoms with Gasteiger partial charge in [0.05, 0.1) is 12.9 Å². The predicted molar refractivity (Wildman–Crippen MR) is 76.9 cm³/mol. The Hall–Kier alpha value is -2.02. The van der Waals surface area contributed by atoms with E-state index in [-0.39, 0.29) is 5.91 Å². The summed E-state index contributed by atoms with van der Waals surface area (Å²) in [7, 11) is 1.69. The molecular formula is C13H22N4O3. The molecule has 7 heteroatoms. The van der Waals surface area contributed by atoms with E-state index < -0.39 is 0 Å². The van der Waals surface area contributed by atoms with Crippen LogP contribution in [0.25, 0.3) is 0 Å². The van der Waals surface area contributed by atoms with Crippen molar-refractivity contribution in [2.24, 2.45) is 4.99 Å². The molecule has 3 N–H and O–H groups in total. The third-order valence-electron chi connectivity index (χ3n) is 2.41. The molecule has 0 unspecified atom stereocenters. The zero-order valence-electron chi connectivity index (χ0n) is 11.9. The van der Waals surface area contributed by atoms with E-state index in [2.05, 4.69) is 20.9 Å². The Bertz CT molecular complexity index is 404. The summed E-state index contributed by atoms with van der Waals surface area (Å²) in [6.07, 6.45) is 1.47. The first-order chi connectivity index (χ1) is 9.77. The lowest BCUT2D eigenvalue weighted by molar-refractivity contribution is 0.0926. The van der Waals surface area contributed by atoms with Crippen molar-refractivity contribution in [3.63, 3.8) is 0 Å². The lowest BCUT2D eigenvalue weighted by atomic mass is 10.4. The molecular weight excluding hydrogens is 260 g/mol. The van der Waals surface area contributed by atoms with Crippen LogP contribution in [0.1, 0.15) is 17.5 Å². The third kappa shape index (κ3) is 6.24. The monoisotopic (exact) mass is 282 g/mol. The van der Waals surface area contributed by atoms with Gasteiger partial charge in [0.15, 0.2) is 11.7 Å². The van der Waals surface area contributed by atoms with E-state index in [9.17, 15) is 4.79 Å². The summed E-state index contributed by atoms with van der Waals surface area (Å²) in [6, 6.07) is 3.30. The number of ether oxygens (including phenoxy) is 1. The Morgan fingerprint density at radius 1 is 1.30 bits per heavy atom. The average molecular weight is 282 g/mol. The van der Waals surface area contributed by atoms with Crippen LogP contribution in [0.5, 0.6) is 0 Å². The molecule has 1 aromatic heterocycles. The molecule has 0 radical (unpaired) electrons. The number of hydrogen-bond acceptors (Lipinski definition) is 4. The highest BCUT2D eigenvalue weighted by Gasteiger charge is 2.06. The van der Waals surface area contributed by atoms with Crippen LogP contribution in [-0.4, -0.2) is 51.8 Å². The average Bonchev–Trinajstić information content (AvgIpc) is 2.99. The molecule has 1 amide bonds. The highest BCUT2D eigenvalue weighted by atomic mass is 16.5. The summed E-state index contributed by atoms with van der Waals surface area (Å²) in [5.74, 6) is 0.761. The largest absolute Gasteiger partial charge is 0.459 e. The van der Waals surface area contributed by atoms with Crippen molar-refractivity contribution in [2.45, 2.75) is 6.92 Å². The standard InChI is InChI=1S/C13H22N4O3/c1-3-19-10-8-17-13(14-2)16-7-6-15-12(18)11-5-4-9-20-11/h4-5,9H,3,6-8,10H2,1-2H3,(H,15,18)(H2,14,16,17). The fourth-order valence-electron chi connectivity index (χ4n) is 1.46. The first-order valence-corrected chi connectivity index (χ1v) is 6.62. The quantitative estimate of drug-likeness (QED) is 0.360. The minimum atomic E-state index is -0.226. The minimum absolute atomic E-state index is 0.226. The van der Waals surface area contributed by atoms with Gasteiger partial charge in [-0.15, -0.1) is 0 Å². The first-order valence-electron chi connectivity index (χ1n) is 6.62. The first kappa shape index (κ1) is 16.0. The Morgan fingerprint density at radius 3 is 2.70 bits per heavy atom. The van der Waals surface area contributed by atoms with E-state index in [1.54, 1.807) is 19.2 Å². The number of hydrogen-bond donors (Lipinski definition) is 3. The fraction of sp³-hybridized carbons (Fsp3) is 0.538. The lowest BCUT2D eigenvalue weighted by Crippen LogP contribution is -2.42. The van der Waals surface area contributed by atoms with Gasteiger partial charge in [-0.25, -0.2) is 0 Å². The molecule has 0 saturated carbocycles. The van der Waals surface area contributed by atoms with Gasteiger partial charge in [0.2, 0.25) is 0 Å². The van der Waals surface area contributed by atoms with Gasteiger partial charge < -0.3 is 25.1 Å². The Balaban J connectivity index is 2.11. The van der Waals surface area contributed by atoms with Crippen LogP contribution < -0.4 is 16.0 Å². The summed E-state index contributed by atoms with van der Waals surface area (Å²) in [6.45, 7) is 5.02. The SMILES string of the molecule is CCOCCNC(=NC)NCCNC(=O)c1ccco1. The van der Waals surface area contributed by atoms with Gasteiger partial charge in [0.1, 0.15) is 0 Å². The maximum atomic E-state index is 11.6. The van der Waals surface area contributed by atoms with Gasteiger partial charge in [-0.05, 0) is 19.1 Å². The van der Waals surface area contributed by atoms with Gasteiger partial charge in [-0.3, -0.25) is 9.79 Å². The highest BCUT2D eigenvalue weighted by Crippen LogP contribution is 1.98. The van der Waals surface area contributed by atoms with Crippen LogP contribution in [0.15, 0.2) is 27.8 Å². The second kappa shape index (κ2) is 9.85. The normalized spacial score (nSPS) is 11.2. The maximum Gasteiger partial charge on any atom is 0.287 e. The van der Waals surface area contributed by atoms with E-state index in [4.69, 9.17) is 9.15 Å². The number of guanidine groups is 1. The minimum Gasteiger partial charge on any atom is -0.459 e. The van der Waals surface area contributed by atoms with E-state index in [0.29, 0.717) is 44.6 Å². The van der Waals surface area contributed by atoms with Crippen LogP contribution in [-0.2, 0) is 4.74 Å². The molecule has 1 aromatic rings. The Morgan fingerprint density at radius 2 is 2.05 bits per heavy atom. The van der Waals surface area contributed by atoms with Crippen molar-refractivity contribution in [1.29, 1.82) is 0 Å². The van der Waals surface area contributed by atoms with Crippen molar-refractivity contribution in [1.82, 2.24) is 16.0 Å². The van der Waals surface area contributed by atoms with Gasteiger partial charge in [-0.1, -0.05) is 0 Å². The molecule has 0 fully saturated rings. The predicted octanol–water partition coefficient (Wildman–Crippen LogP) is 0.211. The van der Waals surface area contributed by atoms with Crippen LogP contribution >= 0.6 is 0 Å². The second-order valence-electron chi connectivity index (χ2n) is 3.86. The van der Waals surface area contributed by atoms with E-state index >= 15 is 0 Å². The van der Waals surface area contributed by atoms with Crippen molar-refractivity contribution in [2.75, 3.05) is 39.9 Å². The fourth-order valence-corrected chi connectivity index (χ4v) is 1.46. The highest BCUT2D eigenvalue weighted by molar-refractivity contribution is 5.91. The van der Waals surface area contributed by atoms with Crippen molar-refractivity contribution in [3.05, 3.63) is 24.2 Å². The molecule has 0 bridgehead atoms. The molecule has 0 aliphatic heterocycles. The number of amides is 1. The Kier molecular flexibility index (Phi) is 7.90. The number of aliphatic imine (C=N–C) groups is 1. The number of furan rings is 1. The molecule has 0 spiro atoms. The zero-order chi connectivity index (χ0) is 14.6. The Labute approximate surface area is 118 Å². The molecule has 7 nitrogen and oxygen atoms in total. The zero-order valence-corrected chi connectivity index (χ0v) is 11.9. The van der Waals surface area contributed by atoms with Gasteiger partial charge in [-0.2, -0.15) is 0 Å². The van der Waals surface area contributed by atoms with Crippen molar-refractivity contribution >= 4 is 11.9 Å². The molecule has 0 atom stereocenters. The third-order valence-corrected chi connectivity index (χ3v) is 2.41. The smallest absolute Gasteiger partial charge is 0.287 e. The molecule has 1 rings (SSSR count). The summed E-state index contributed by atoms with van der Waals surface area (Å²) >= 11 is 0. The number of nitrogens with one attached hydrogen (secondary N) is 3. The molecule has 0 saturated heterocycles. The number of carbonyl (C=O) groups is 1. The lowest BCUT2D eigenvalue weighted by Gasteiger charge is -2.11. The molecule has 0 aliphatic carbocycles. The summed E-state index contributed by atoms with van der Waals surface area (Å²) < 4.78 is 10.2. The molecule has 0 aliphatic rings. The maximum absolute atomic E-state index is 11.6. The number of carbonyl (C=O) groups excluding carboxylic acids is 1. The van der Waals surface area contributed by atoms with Crippen LogP contribution in [0.4, 0.5) is 0 Å². The van der Waals surface area contributed by atoms with Crippen molar-refractivity contribution in [3.8, 4) is 0 Å². The topological polar surface area (TPSA) is 87.9 Å². The van der Waals surface area contributed by atoms with E-state index in [0.717, 1.165) is 0 Å². The molecule has 1 heterocycles. The van der Waals surface area contributed by atoms with E-state index in [1.807, 2.05) is 6.92 Å². The van der Waals surface area contributed by atoms with Gasteiger partial charge >= 0.3 is 0 Å². The molecule has 112 valence electrons. The summed E-state index contributed by atoms with van der Waals surface area (Å²) in [5.41, 5.74) is 0. The molecule has 0 aromatic carbocycles. The number of nitrogens with zero attached hydrogens (tertiary/aromatic N) is 1. The number of rotatable bonds is 8. The molecule has 20 heavy (non-hydrogen) atoms. The van der Waals surface area contributed by atoms with Crippen LogP contribution in [0.2, 0.25) is 0 Å². The van der Waals surface area contributed by atoms with E-state index in [1.165, 1.54) is 6.26 Å². The van der Waals surface area contributed by atoms with Gasteiger partial charge in [0, 0.05) is 33.3 Å². The van der Waals surface area contributed by atoms with Crippen LogP contribution in [0.3, 0.4) is 0 Å². The second-order valence-corrected chi connectivity index (χ2v) is 3.86. The van der Waals surface area contributed by atoms with Crippen LogP contribution in [0, 0.1) is 0 Å². The van der Waals surface area contributed by atoms with Gasteiger partial charge in [0.25, 0.3) is 5.91 Å². The van der Waals surface area contributed by atoms with Crippen molar-refractivity contribution < 1.29 is 13.9 Å². The summed E-state index contributed by atoms with van der Waals surface area (Å²) in [4.78, 5) is 15.6. The summed E-state index contributed by atoms with van der Waals surface area (Å²) in [5, 5.41) is 8.93.